The van der Waals surface area contributed by atoms with Gasteiger partial charge in [-0.3, -0.25) is 4.79 Å². The van der Waals surface area contributed by atoms with E-state index in [1.807, 2.05) is 18.2 Å². The van der Waals surface area contributed by atoms with Crippen molar-refractivity contribution in [3.63, 3.8) is 0 Å². The van der Waals surface area contributed by atoms with E-state index in [4.69, 9.17) is 5.73 Å². The molecule has 2 nitrogen and oxygen atoms in total. The van der Waals surface area contributed by atoms with Crippen molar-refractivity contribution in [3.05, 3.63) is 53.1 Å². The van der Waals surface area contributed by atoms with Crippen LogP contribution in [0.4, 0.5) is 0 Å². The normalized spacial score (nSPS) is 21.2. The maximum atomic E-state index is 11.1. The molecule has 16 heavy (non-hydrogen) atoms. The predicted octanol–water partition coefficient (Wildman–Crippen LogP) is 2.30. The average molecular weight is 211 g/mol. The van der Waals surface area contributed by atoms with Gasteiger partial charge >= 0.3 is 0 Å². The van der Waals surface area contributed by atoms with Crippen LogP contribution in [0.2, 0.25) is 0 Å². The van der Waals surface area contributed by atoms with Gasteiger partial charge in [0.25, 0.3) is 0 Å². The lowest BCUT2D eigenvalue weighted by atomic mass is 9.81. The van der Waals surface area contributed by atoms with Crippen molar-refractivity contribution >= 4 is 11.5 Å². The van der Waals surface area contributed by atoms with Gasteiger partial charge < -0.3 is 5.73 Å². The SMILES string of the molecule is NC(=O)c1ccc2c(c1)CCC1C=CC=C21. The quantitative estimate of drug-likeness (QED) is 0.761. The van der Waals surface area contributed by atoms with Gasteiger partial charge in [0, 0.05) is 11.5 Å². The Morgan fingerprint density at radius 3 is 3.06 bits per heavy atom. The number of hydrogen-bond donors (Lipinski definition) is 1. The molecule has 1 aromatic rings. The van der Waals surface area contributed by atoms with E-state index in [1.54, 1.807) is 0 Å². The molecule has 2 heteroatoms. The number of nitrogens with two attached hydrogens (primary N) is 1. The molecule has 2 aliphatic carbocycles. The van der Waals surface area contributed by atoms with Gasteiger partial charge in [0.05, 0.1) is 0 Å². The first kappa shape index (κ1) is 9.40. The smallest absolute Gasteiger partial charge is 0.248 e. The maximum Gasteiger partial charge on any atom is 0.248 e. The molecule has 0 saturated carbocycles. The molecule has 0 spiro atoms. The van der Waals surface area contributed by atoms with E-state index in [-0.39, 0.29) is 5.91 Å². The van der Waals surface area contributed by atoms with Crippen LogP contribution in [0.1, 0.15) is 27.9 Å². The maximum absolute atomic E-state index is 11.1. The second kappa shape index (κ2) is 3.34. The lowest BCUT2D eigenvalue weighted by molar-refractivity contribution is 0.1000. The van der Waals surface area contributed by atoms with Crippen molar-refractivity contribution in [2.75, 3.05) is 0 Å². The average Bonchev–Trinajstić information content (AvgIpc) is 2.76. The summed E-state index contributed by atoms with van der Waals surface area (Å²) in [5.74, 6) is 0.232. The minimum Gasteiger partial charge on any atom is -0.366 e. The third-order valence-electron chi connectivity index (χ3n) is 3.44. The second-order valence-corrected chi connectivity index (χ2v) is 4.39. The molecule has 1 aromatic carbocycles. The summed E-state index contributed by atoms with van der Waals surface area (Å²) in [4.78, 5) is 11.1. The van der Waals surface area contributed by atoms with Gasteiger partial charge in [0.15, 0.2) is 0 Å². The number of amides is 1. The third kappa shape index (κ3) is 1.30. The topological polar surface area (TPSA) is 43.1 Å². The molecule has 3 rings (SSSR count). The van der Waals surface area contributed by atoms with Crippen LogP contribution >= 0.6 is 0 Å². The molecule has 0 aromatic heterocycles. The number of primary amides is 1. The van der Waals surface area contributed by atoms with Gasteiger partial charge in [-0.2, -0.15) is 0 Å². The molecular weight excluding hydrogens is 198 g/mol. The van der Waals surface area contributed by atoms with Crippen LogP contribution in [0.3, 0.4) is 0 Å². The van der Waals surface area contributed by atoms with Crippen molar-refractivity contribution in [1.29, 1.82) is 0 Å². The zero-order valence-electron chi connectivity index (χ0n) is 8.94. The van der Waals surface area contributed by atoms with Gasteiger partial charge in [-0.25, -0.2) is 0 Å². The van der Waals surface area contributed by atoms with Crippen LogP contribution in [-0.2, 0) is 6.42 Å². The van der Waals surface area contributed by atoms with E-state index in [9.17, 15) is 4.79 Å². The summed E-state index contributed by atoms with van der Waals surface area (Å²) in [5, 5.41) is 0. The lowest BCUT2D eigenvalue weighted by Gasteiger charge is -2.23. The number of benzene rings is 1. The van der Waals surface area contributed by atoms with Crippen molar-refractivity contribution in [3.8, 4) is 0 Å². The molecule has 0 aliphatic heterocycles. The molecule has 0 saturated heterocycles. The summed E-state index contributed by atoms with van der Waals surface area (Å²) in [7, 11) is 0. The van der Waals surface area contributed by atoms with Crippen LogP contribution < -0.4 is 5.73 Å². The van der Waals surface area contributed by atoms with E-state index < -0.39 is 0 Å². The zero-order chi connectivity index (χ0) is 11.1. The highest BCUT2D eigenvalue weighted by Gasteiger charge is 2.24. The summed E-state index contributed by atoms with van der Waals surface area (Å²) in [6.45, 7) is 0. The van der Waals surface area contributed by atoms with Crippen molar-refractivity contribution in [2.45, 2.75) is 12.8 Å². The van der Waals surface area contributed by atoms with Crippen LogP contribution in [0.25, 0.3) is 5.57 Å². The summed E-state index contributed by atoms with van der Waals surface area (Å²) < 4.78 is 0. The number of allylic oxidation sites excluding steroid dienone is 4. The Labute approximate surface area is 94.5 Å². The highest BCUT2D eigenvalue weighted by Crippen LogP contribution is 2.39. The van der Waals surface area contributed by atoms with Crippen LogP contribution in [0.15, 0.2) is 36.4 Å². The fourth-order valence-electron chi connectivity index (χ4n) is 2.61. The van der Waals surface area contributed by atoms with E-state index in [0.717, 1.165) is 12.8 Å². The third-order valence-corrected chi connectivity index (χ3v) is 3.44. The van der Waals surface area contributed by atoms with Crippen molar-refractivity contribution in [2.24, 2.45) is 11.7 Å². The van der Waals surface area contributed by atoms with Gasteiger partial charge in [0.2, 0.25) is 5.91 Å². The van der Waals surface area contributed by atoms with Gasteiger partial charge in [0.1, 0.15) is 0 Å². The Morgan fingerprint density at radius 1 is 1.38 bits per heavy atom. The summed E-state index contributed by atoms with van der Waals surface area (Å²) in [6, 6.07) is 5.79. The summed E-state index contributed by atoms with van der Waals surface area (Å²) in [5.41, 5.74) is 9.82. The molecule has 1 atom stereocenters. The number of rotatable bonds is 1. The molecule has 0 heterocycles. The number of carbonyl (C=O) groups is 1. The first-order valence-electron chi connectivity index (χ1n) is 5.57. The van der Waals surface area contributed by atoms with Gasteiger partial charge in [-0.05, 0) is 41.7 Å². The molecule has 2 N–H and O–H groups in total. The number of carbonyl (C=O) groups excluding carboxylic acids is 1. The highest BCUT2D eigenvalue weighted by molar-refractivity contribution is 5.93. The van der Waals surface area contributed by atoms with E-state index in [0.29, 0.717) is 11.5 Å². The molecule has 0 fully saturated rings. The molecule has 1 unspecified atom stereocenters. The predicted molar refractivity (Wildman–Crippen MR) is 63.9 cm³/mol. The Morgan fingerprint density at radius 2 is 2.25 bits per heavy atom. The van der Waals surface area contributed by atoms with Crippen molar-refractivity contribution in [1.82, 2.24) is 0 Å². The van der Waals surface area contributed by atoms with E-state index in [2.05, 4.69) is 18.2 Å². The molecule has 0 bridgehead atoms. The van der Waals surface area contributed by atoms with Crippen molar-refractivity contribution < 1.29 is 4.79 Å². The highest BCUT2D eigenvalue weighted by atomic mass is 16.1. The Balaban J connectivity index is 2.10. The fraction of sp³-hybridized carbons (Fsp3) is 0.214. The minimum atomic E-state index is -0.344. The zero-order valence-corrected chi connectivity index (χ0v) is 8.94. The summed E-state index contributed by atoms with van der Waals surface area (Å²) >= 11 is 0. The van der Waals surface area contributed by atoms with E-state index >= 15 is 0 Å². The largest absolute Gasteiger partial charge is 0.366 e. The number of aryl methyl sites for hydroxylation is 1. The minimum absolute atomic E-state index is 0.344. The monoisotopic (exact) mass is 211 g/mol. The number of hydrogen-bond acceptors (Lipinski definition) is 1. The van der Waals surface area contributed by atoms with Gasteiger partial charge in [-0.1, -0.05) is 24.3 Å². The molecule has 80 valence electrons. The molecular formula is C14H13NO. The Bertz CT molecular complexity index is 526. The second-order valence-electron chi connectivity index (χ2n) is 4.39. The summed E-state index contributed by atoms with van der Waals surface area (Å²) in [6.07, 6.45) is 8.71. The van der Waals surface area contributed by atoms with Crippen LogP contribution in [0, 0.1) is 5.92 Å². The lowest BCUT2D eigenvalue weighted by Crippen LogP contribution is -2.14. The standard InChI is InChI=1S/C14H13NO/c15-14(16)11-6-7-13-10(8-11)5-4-9-2-1-3-12(9)13/h1-3,6-9H,4-5H2,(H2,15,16). The number of fused-ring (bicyclic) bond motifs is 3. The van der Waals surface area contributed by atoms with E-state index in [1.165, 1.54) is 16.7 Å². The molecule has 0 radical (unpaired) electrons. The van der Waals surface area contributed by atoms with Gasteiger partial charge in [-0.15, -0.1) is 0 Å². The Kier molecular flexibility index (Phi) is 1.96. The first-order chi connectivity index (χ1) is 7.75. The van der Waals surface area contributed by atoms with Crippen LogP contribution in [-0.4, -0.2) is 5.91 Å². The fourth-order valence-corrected chi connectivity index (χ4v) is 2.61. The van der Waals surface area contributed by atoms with Crippen LogP contribution in [0.5, 0.6) is 0 Å². The first-order valence-corrected chi connectivity index (χ1v) is 5.57. The Hall–Kier alpha value is -1.83. The molecule has 2 aliphatic rings. The molecule has 1 amide bonds.